The number of nitrogens with zero attached hydrogens (tertiary/aromatic N) is 1. The SMILES string of the molecule is CCN1CCC(O)(C2=CCCCO2)C1. The topological polar surface area (TPSA) is 32.7 Å². The summed E-state index contributed by atoms with van der Waals surface area (Å²) in [4.78, 5) is 2.26. The normalized spacial score (nSPS) is 34.0. The molecule has 1 saturated heterocycles. The van der Waals surface area contributed by atoms with Gasteiger partial charge in [-0.25, -0.2) is 0 Å². The highest BCUT2D eigenvalue weighted by Gasteiger charge is 2.40. The van der Waals surface area contributed by atoms with Crippen molar-refractivity contribution in [1.29, 1.82) is 0 Å². The molecule has 0 aromatic carbocycles. The Kier molecular flexibility index (Phi) is 2.79. The summed E-state index contributed by atoms with van der Waals surface area (Å²) < 4.78 is 5.54. The van der Waals surface area contributed by atoms with Gasteiger partial charge in [0.15, 0.2) is 0 Å². The van der Waals surface area contributed by atoms with E-state index in [1.54, 1.807) is 0 Å². The number of rotatable bonds is 2. The van der Waals surface area contributed by atoms with Gasteiger partial charge in [-0.1, -0.05) is 6.92 Å². The number of likely N-dealkylation sites (tertiary alicyclic amines) is 1. The first-order valence-corrected chi connectivity index (χ1v) is 5.53. The maximum Gasteiger partial charge on any atom is 0.135 e. The Bertz CT molecular complexity index is 239. The second-order valence-electron chi connectivity index (χ2n) is 4.21. The molecule has 0 aromatic rings. The molecule has 3 nitrogen and oxygen atoms in total. The van der Waals surface area contributed by atoms with Crippen molar-refractivity contribution in [2.75, 3.05) is 26.2 Å². The Morgan fingerprint density at radius 2 is 2.50 bits per heavy atom. The molecule has 1 fully saturated rings. The highest BCUT2D eigenvalue weighted by atomic mass is 16.5. The lowest BCUT2D eigenvalue weighted by Gasteiger charge is -2.28. The fourth-order valence-electron chi connectivity index (χ4n) is 2.22. The van der Waals surface area contributed by atoms with Gasteiger partial charge in [-0.15, -0.1) is 0 Å². The highest BCUT2D eigenvalue weighted by molar-refractivity contribution is 5.15. The van der Waals surface area contributed by atoms with Crippen LogP contribution >= 0.6 is 0 Å². The number of ether oxygens (including phenoxy) is 1. The molecule has 1 N–H and O–H groups in total. The van der Waals surface area contributed by atoms with Gasteiger partial charge in [-0.05, 0) is 31.9 Å². The van der Waals surface area contributed by atoms with Crippen LogP contribution in [0.15, 0.2) is 11.8 Å². The van der Waals surface area contributed by atoms with Crippen LogP contribution in [0.1, 0.15) is 26.2 Å². The van der Waals surface area contributed by atoms with Crippen LogP contribution in [0.2, 0.25) is 0 Å². The molecule has 1 unspecified atom stereocenters. The largest absolute Gasteiger partial charge is 0.495 e. The lowest BCUT2D eigenvalue weighted by molar-refractivity contribution is 0.0119. The van der Waals surface area contributed by atoms with Crippen LogP contribution in [0.5, 0.6) is 0 Å². The van der Waals surface area contributed by atoms with E-state index in [2.05, 4.69) is 17.9 Å². The Balaban J connectivity index is 2.05. The molecule has 2 heterocycles. The van der Waals surface area contributed by atoms with E-state index in [0.29, 0.717) is 0 Å². The number of hydrogen-bond acceptors (Lipinski definition) is 3. The fraction of sp³-hybridized carbons (Fsp3) is 0.818. The number of aliphatic hydroxyl groups is 1. The third-order valence-corrected chi connectivity index (χ3v) is 3.17. The van der Waals surface area contributed by atoms with Crippen LogP contribution in [0.3, 0.4) is 0 Å². The van der Waals surface area contributed by atoms with Crippen LogP contribution < -0.4 is 0 Å². The molecule has 0 saturated carbocycles. The van der Waals surface area contributed by atoms with Crippen LogP contribution in [-0.4, -0.2) is 41.8 Å². The Morgan fingerprint density at radius 1 is 1.64 bits per heavy atom. The first-order valence-electron chi connectivity index (χ1n) is 5.53. The quantitative estimate of drug-likeness (QED) is 0.720. The van der Waals surface area contributed by atoms with E-state index in [1.165, 1.54) is 0 Å². The van der Waals surface area contributed by atoms with Gasteiger partial charge in [-0.3, -0.25) is 0 Å². The average Bonchev–Trinajstić information content (AvgIpc) is 2.63. The zero-order valence-corrected chi connectivity index (χ0v) is 8.83. The maximum absolute atomic E-state index is 10.4. The maximum atomic E-state index is 10.4. The van der Waals surface area contributed by atoms with E-state index in [4.69, 9.17) is 4.74 Å². The van der Waals surface area contributed by atoms with Crippen molar-refractivity contribution in [2.24, 2.45) is 0 Å². The number of hydrogen-bond donors (Lipinski definition) is 1. The Morgan fingerprint density at radius 3 is 3.07 bits per heavy atom. The van der Waals surface area contributed by atoms with Gasteiger partial charge in [0.05, 0.1) is 6.61 Å². The molecule has 3 heteroatoms. The second-order valence-corrected chi connectivity index (χ2v) is 4.21. The van der Waals surface area contributed by atoms with E-state index in [0.717, 1.165) is 51.3 Å². The minimum Gasteiger partial charge on any atom is -0.495 e. The molecule has 80 valence electrons. The first kappa shape index (κ1) is 9.99. The van der Waals surface area contributed by atoms with Gasteiger partial charge >= 0.3 is 0 Å². The third-order valence-electron chi connectivity index (χ3n) is 3.17. The molecular formula is C11H19NO2. The lowest BCUT2D eigenvalue weighted by atomic mass is 9.98. The highest BCUT2D eigenvalue weighted by Crippen LogP contribution is 2.31. The minimum atomic E-state index is -0.698. The predicted molar refractivity (Wildman–Crippen MR) is 54.9 cm³/mol. The third kappa shape index (κ3) is 1.79. The first-order chi connectivity index (χ1) is 6.74. The summed E-state index contributed by atoms with van der Waals surface area (Å²) in [5.74, 6) is 0.819. The number of likely N-dealkylation sites (N-methyl/N-ethyl adjacent to an activating group) is 1. The summed E-state index contributed by atoms with van der Waals surface area (Å²) in [6, 6.07) is 0. The summed E-state index contributed by atoms with van der Waals surface area (Å²) in [6.07, 6.45) is 5.00. The number of allylic oxidation sites excluding steroid dienone is 1. The van der Waals surface area contributed by atoms with Gasteiger partial charge < -0.3 is 14.7 Å². The Hall–Kier alpha value is -0.540. The molecule has 2 aliphatic heterocycles. The summed E-state index contributed by atoms with van der Waals surface area (Å²) in [5, 5.41) is 10.4. The second kappa shape index (κ2) is 3.91. The van der Waals surface area contributed by atoms with Crippen molar-refractivity contribution >= 4 is 0 Å². The smallest absolute Gasteiger partial charge is 0.135 e. The van der Waals surface area contributed by atoms with E-state index in [9.17, 15) is 5.11 Å². The zero-order valence-electron chi connectivity index (χ0n) is 8.83. The monoisotopic (exact) mass is 197 g/mol. The fourth-order valence-corrected chi connectivity index (χ4v) is 2.22. The van der Waals surface area contributed by atoms with E-state index in [-0.39, 0.29) is 0 Å². The van der Waals surface area contributed by atoms with Crippen molar-refractivity contribution in [1.82, 2.24) is 4.90 Å². The van der Waals surface area contributed by atoms with Crippen LogP contribution in [-0.2, 0) is 4.74 Å². The molecule has 14 heavy (non-hydrogen) atoms. The number of β-amino-alcohol motifs (C(OH)–C–C–N with tert-alkyl or cyclic N) is 1. The van der Waals surface area contributed by atoms with Crippen LogP contribution in [0.4, 0.5) is 0 Å². The molecule has 0 aliphatic carbocycles. The molecular weight excluding hydrogens is 178 g/mol. The van der Waals surface area contributed by atoms with Gasteiger partial charge in [0.25, 0.3) is 0 Å². The van der Waals surface area contributed by atoms with Gasteiger partial charge in [0, 0.05) is 13.1 Å². The zero-order chi connectivity index (χ0) is 10.0. The van der Waals surface area contributed by atoms with Crippen molar-refractivity contribution < 1.29 is 9.84 Å². The summed E-state index contributed by atoms with van der Waals surface area (Å²) >= 11 is 0. The molecule has 0 aromatic heterocycles. The van der Waals surface area contributed by atoms with Crippen molar-refractivity contribution in [2.45, 2.75) is 31.8 Å². The van der Waals surface area contributed by atoms with E-state index < -0.39 is 5.60 Å². The molecule has 0 bridgehead atoms. The molecule has 2 rings (SSSR count). The molecule has 1 atom stereocenters. The molecule has 2 aliphatic rings. The van der Waals surface area contributed by atoms with Crippen LogP contribution in [0.25, 0.3) is 0 Å². The average molecular weight is 197 g/mol. The van der Waals surface area contributed by atoms with Crippen LogP contribution in [0, 0.1) is 0 Å². The minimum absolute atomic E-state index is 0.698. The van der Waals surface area contributed by atoms with Crippen molar-refractivity contribution in [3.05, 3.63) is 11.8 Å². The summed E-state index contributed by atoms with van der Waals surface area (Å²) in [5.41, 5.74) is -0.698. The lowest BCUT2D eigenvalue weighted by Crippen LogP contribution is -2.37. The van der Waals surface area contributed by atoms with E-state index in [1.807, 2.05) is 0 Å². The van der Waals surface area contributed by atoms with Gasteiger partial charge in [0.2, 0.25) is 0 Å². The standard InChI is InChI=1S/C11H19NO2/c1-2-12-7-6-11(13,9-12)10-5-3-4-8-14-10/h5,13H,2-4,6-9H2,1H3. The summed E-state index contributed by atoms with van der Waals surface area (Å²) in [6.45, 7) is 5.61. The predicted octanol–water partition coefficient (Wildman–Crippen LogP) is 1.14. The molecule has 0 radical (unpaired) electrons. The summed E-state index contributed by atoms with van der Waals surface area (Å²) in [7, 11) is 0. The molecule has 0 amide bonds. The van der Waals surface area contributed by atoms with Gasteiger partial charge in [0.1, 0.15) is 11.4 Å². The van der Waals surface area contributed by atoms with Gasteiger partial charge in [-0.2, -0.15) is 0 Å². The Labute approximate surface area is 85.4 Å². The van der Waals surface area contributed by atoms with Crippen molar-refractivity contribution in [3.63, 3.8) is 0 Å². The van der Waals surface area contributed by atoms with Crippen molar-refractivity contribution in [3.8, 4) is 0 Å². The molecule has 0 spiro atoms. The van der Waals surface area contributed by atoms with E-state index >= 15 is 0 Å².